The van der Waals surface area contributed by atoms with Gasteiger partial charge in [-0.2, -0.15) is 5.10 Å². The molecule has 0 aliphatic heterocycles. The van der Waals surface area contributed by atoms with Gasteiger partial charge >= 0.3 is 0 Å². The number of fused-ring (bicyclic) bond motifs is 1. The van der Waals surface area contributed by atoms with Gasteiger partial charge in [-0.15, -0.1) is 0 Å². The average molecular weight is 341 g/mol. The van der Waals surface area contributed by atoms with Gasteiger partial charge in [-0.25, -0.2) is 9.97 Å². The molecule has 3 N–H and O–H groups in total. The number of benzene rings is 1. The van der Waals surface area contributed by atoms with E-state index in [-0.39, 0.29) is 5.04 Å². The first kappa shape index (κ1) is 16.4. The molecule has 0 unspecified atom stereocenters. The third kappa shape index (κ3) is 2.87. The van der Waals surface area contributed by atoms with E-state index in [4.69, 9.17) is 10.2 Å². The highest BCUT2D eigenvalue weighted by Crippen LogP contribution is 2.38. The van der Waals surface area contributed by atoms with Crippen LogP contribution < -0.4 is 10.2 Å². The fraction of sp³-hybridized carbons (Fsp3) is 0.353. The molecule has 0 atom stereocenters. The number of nitrogens with zero attached hydrogens (tertiary/aromatic N) is 3. The molecule has 0 fully saturated rings. The molecule has 7 heteroatoms. The summed E-state index contributed by atoms with van der Waals surface area (Å²) in [6, 6.07) is 7.98. The van der Waals surface area contributed by atoms with Gasteiger partial charge in [0.15, 0.2) is 5.65 Å². The molecule has 6 nitrogen and oxygen atoms in total. The Bertz CT molecular complexity index is 865. The predicted molar refractivity (Wildman–Crippen MR) is 99.4 cm³/mol. The third-order valence-corrected chi connectivity index (χ3v) is 9.06. The quantitative estimate of drug-likeness (QED) is 0.703. The summed E-state index contributed by atoms with van der Waals surface area (Å²) in [4.78, 5) is 8.17. The van der Waals surface area contributed by atoms with Crippen LogP contribution in [0.25, 0.3) is 22.3 Å². The largest absolute Gasteiger partial charge is 0.544 e. The topological polar surface area (TPSA) is 89.7 Å². The third-order valence-electron chi connectivity index (χ3n) is 4.70. The van der Waals surface area contributed by atoms with E-state index in [1.807, 2.05) is 24.3 Å². The van der Waals surface area contributed by atoms with E-state index in [1.165, 1.54) is 6.33 Å². The molecule has 0 spiro atoms. The molecule has 3 aromatic rings. The van der Waals surface area contributed by atoms with Crippen LogP contribution in [-0.2, 0) is 0 Å². The van der Waals surface area contributed by atoms with E-state index in [9.17, 15) is 0 Å². The molecule has 0 aliphatic rings. The van der Waals surface area contributed by atoms with Crippen LogP contribution in [0, 0.1) is 0 Å². The van der Waals surface area contributed by atoms with Gasteiger partial charge in [-0.3, -0.25) is 5.10 Å². The molecular weight excluding hydrogens is 318 g/mol. The number of H-pyrrole nitrogens is 1. The van der Waals surface area contributed by atoms with Gasteiger partial charge in [0.1, 0.15) is 17.9 Å². The van der Waals surface area contributed by atoms with Crippen molar-refractivity contribution < 1.29 is 4.43 Å². The van der Waals surface area contributed by atoms with Gasteiger partial charge in [0.2, 0.25) is 8.32 Å². The van der Waals surface area contributed by atoms with E-state index < -0.39 is 8.32 Å². The maximum atomic E-state index is 6.31. The van der Waals surface area contributed by atoms with Crippen LogP contribution in [-0.4, -0.2) is 28.5 Å². The second-order valence-electron chi connectivity index (χ2n) is 7.44. The molecule has 2 heterocycles. The lowest BCUT2D eigenvalue weighted by Crippen LogP contribution is -2.43. The van der Waals surface area contributed by atoms with Crippen molar-refractivity contribution in [1.82, 2.24) is 20.2 Å². The van der Waals surface area contributed by atoms with Crippen molar-refractivity contribution in [3.05, 3.63) is 30.6 Å². The van der Waals surface area contributed by atoms with Crippen molar-refractivity contribution in [1.29, 1.82) is 0 Å². The number of nitrogen functional groups attached to an aromatic ring is 1. The number of anilines is 1. The molecule has 0 saturated carbocycles. The number of aromatic amines is 1. The van der Waals surface area contributed by atoms with Crippen LogP contribution >= 0.6 is 0 Å². The van der Waals surface area contributed by atoms with E-state index in [0.717, 1.165) is 22.4 Å². The normalized spacial score (nSPS) is 12.5. The number of rotatable bonds is 3. The number of nitrogens with one attached hydrogen (secondary N) is 1. The molecule has 0 bridgehead atoms. The zero-order valence-corrected chi connectivity index (χ0v) is 15.7. The van der Waals surface area contributed by atoms with Crippen molar-refractivity contribution in [2.75, 3.05) is 5.73 Å². The molecule has 0 radical (unpaired) electrons. The summed E-state index contributed by atoms with van der Waals surface area (Å²) >= 11 is 0. The summed E-state index contributed by atoms with van der Waals surface area (Å²) in [5.74, 6) is 1.31. The van der Waals surface area contributed by atoms with E-state index in [0.29, 0.717) is 11.5 Å². The van der Waals surface area contributed by atoms with Crippen LogP contribution in [0.2, 0.25) is 18.1 Å². The highest BCUT2D eigenvalue weighted by molar-refractivity contribution is 6.74. The first-order valence-corrected chi connectivity index (χ1v) is 10.8. The van der Waals surface area contributed by atoms with Crippen molar-refractivity contribution in [3.8, 4) is 17.0 Å². The summed E-state index contributed by atoms with van der Waals surface area (Å²) in [6.07, 6.45) is 1.42. The fourth-order valence-electron chi connectivity index (χ4n) is 2.23. The Morgan fingerprint density at radius 2 is 1.75 bits per heavy atom. The lowest BCUT2D eigenvalue weighted by molar-refractivity contribution is 0.492. The van der Waals surface area contributed by atoms with Crippen LogP contribution in [0.1, 0.15) is 20.8 Å². The highest BCUT2D eigenvalue weighted by Gasteiger charge is 2.38. The molecule has 0 saturated heterocycles. The number of hydrogen-bond acceptors (Lipinski definition) is 5. The van der Waals surface area contributed by atoms with Crippen LogP contribution in [0.4, 0.5) is 5.82 Å². The summed E-state index contributed by atoms with van der Waals surface area (Å²) < 4.78 is 6.31. The molecule has 2 aromatic heterocycles. The smallest absolute Gasteiger partial charge is 0.250 e. The minimum Gasteiger partial charge on any atom is -0.544 e. The predicted octanol–water partition coefficient (Wildman–Crippen LogP) is 3.99. The standard InChI is InChI=1S/C17H23N5OSi/c1-17(2,3)24(4,5)23-12-8-6-11(7-9-12)14-13-15(18)19-10-20-16(13)22-21-14/h6-10H,1-5H3,(H3,18,19,20,21,22). The molecule has 1 aromatic carbocycles. The van der Waals surface area contributed by atoms with Gasteiger partial charge in [0.25, 0.3) is 0 Å². The van der Waals surface area contributed by atoms with Crippen molar-refractivity contribution in [2.45, 2.75) is 38.9 Å². The van der Waals surface area contributed by atoms with E-state index >= 15 is 0 Å². The Hall–Kier alpha value is -2.41. The van der Waals surface area contributed by atoms with Gasteiger partial charge in [0, 0.05) is 5.56 Å². The second-order valence-corrected chi connectivity index (χ2v) is 12.2. The Morgan fingerprint density at radius 3 is 2.38 bits per heavy atom. The summed E-state index contributed by atoms with van der Waals surface area (Å²) in [7, 11) is -1.84. The van der Waals surface area contributed by atoms with Crippen molar-refractivity contribution in [3.63, 3.8) is 0 Å². The fourth-order valence-corrected chi connectivity index (χ4v) is 3.26. The van der Waals surface area contributed by atoms with Crippen molar-refractivity contribution >= 4 is 25.2 Å². The van der Waals surface area contributed by atoms with Crippen molar-refractivity contribution in [2.24, 2.45) is 0 Å². The lowest BCUT2D eigenvalue weighted by Gasteiger charge is -2.36. The van der Waals surface area contributed by atoms with Gasteiger partial charge in [0.05, 0.1) is 11.1 Å². The molecule has 24 heavy (non-hydrogen) atoms. The van der Waals surface area contributed by atoms with Gasteiger partial charge in [-0.05, 0) is 42.4 Å². The molecule has 3 rings (SSSR count). The SMILES string of the molecule is CC(C)(C)[Si](C)(C)Oc1ccc(-c2[nH]nc3ncnc(N)c23)cc1. The summed E-state index contributed by atoms with van der Waals surface area (Å²) in [6.45, 7) is 11.2. The van der Waals surface area contributed by atoms with Gasteiger partial charge in [-0.1, -0.05) is 20.8 Å². The van der Waals surface area contributed by atoms with E-state index in [2.05, 4.69) is 54.0 Å². The molecule has 0 amide bonds. The first-order chi connectivity index (χ1) is 11.2. The Morgan fingerprint density at radius 1 is 1.08 bits per heavy atom. The Balaban J connectivity index is 1.92. The number of nitrogens with two attached hydrogens (primary N) is 1. The average Bonchev–Trinajstić information content (AvgIpc) is 2.92. The maximum Gasteiger partial charge on any atom is 0.250 e. The minimum absolute atomic E-state index is 0.164. The van der Waals surface area contributed by atoms with Gasteiger partial charge < -0.3 is 10.2 Å². The van der Waals surface area contributed by atoms with Crippen LogP contribution in [0.3, 0.4) is 0 Å². The zero-order valence-electron chi connectivity index (χ0n) is 14.7. The minimum atomic E-state index is -1.84. The van der Waals surface area contributed by atoms with Crippen LogP contribution in [0.5, 0.6) is 5.75 Å². The summed E-state index contributed by atoms with van der Waals surface area (Å²) in [5, 5.41) is 8.10. The van der Waals surface area contributed by atoms with E-state index in [1.54, 1.807) is 0 Å². The zero-order chi connectivity index (χ0) is 17.5. The van der Waals surface area contributed by atoms with Crippen LogP contribution in [0.15, 0.2) is 30.6 Å². The Labute approximate surface area is 142 Å². The number of hydrogen-bond donors (Lipinski definition) is 2. The number of aromatic nitrogens is 4. The second kappa shape index (κ2) is 5.59. The molecular formula is C17H23N5OSi. The first-order valence-electron chi connectivity index (χ1n) is 7.93. The summed E-state index contributed by atoms with van der Waals surface area (Å²) in [5.41, 5.74) is 8.33. The molecule has 126 valence electrons. The Kier molecular flexibility index (Phi) is 3.83. The monoisotopic (exact) mass is 341 g/mol. The lowest BCUT2D eigenvalue weighted by atomic mass is 10.1. The molecule has 0 aliphatic carbocycles. The maximum absolute atomic E-state index is 6.31. The highest BCUT2D eigenvalue weighted by atomic mass is 28.4.